The van der Waals surface area contributed by atoms with Gasteiger partial charge in [-0.25, -0.2) is 0 Å². The Morgan fingerprint density at radius 3 is 2.19 bits per heavy atom. The Morgan fingerprint density at radius 1 is 0.889 bits per heavy atom. The molecule has 0 spiro atoms. The zero-order valence-corrected chi connectivity index (χ0v) is 16.0. The van der Waals surface area contributed by atoms with E-state index in [0.29, 0.717) is 32.6 Å². The Morgan fingerprint density at radius 2 is 1.52 bits per heavy atom. The minimum absolute atomic E-state index is 0.0535. The number of piperazine rings is 1. The van der Waals surface area contributed by atoms with Crippen molar-refractivity contribution >= 4 is 17.8 Å². The monoisotopic (exact) mass is 372 g/mol. The summed E-state index contributed by atoms with van der Waals surface area (Å²) in [5.74, 6) is -0.309. The second kappa shape index (κ2) is 9.02. The lowest BCUT2D eigenvalue weighted by atomic mass is 9.90. The molecule has 2 aliphatic rings. The van der Waals surface area contributed by atoms with Crippen LogP contribution in [0.15, 0.2) is 18.2 Å². The van der Waals surface area contributed by atoms with Gasteiger partial charge in [0.15, 0.2) is 0 Å². The number of rotatable bonds is 5. The van der Waals surface area contributed by atoms with Crippen molar-refractivity contribution in [3.63, 3.8) is 0 Å². The molecule has 1 aromatic carbocycles. The number of benzene rings is 1. The van der Waals surface area contributed by atoms with E-state index in [2.05, 4.69) is 22.9 Å². The van der Waals surface area contributed by atoms with Gasteiger partial charge in [0.1, 0.15) is 0 Å². The van der Waals surface area contributed by atoms with Crippen LogP contribution >= 0.6 is 0 Å². The summed E-state index contributed by atoms with van der Waals surface area (Å²) < 4.78 is 4.57. The normalized spacial score (nSPS) is 16.6. The van der Waals surface area contributed by atoms with Gasteiger partial charge in [-0.1, -0.05) is 18.2 Å². The van der Waals surface area contributed by atoms with Gasteiger partial charge < -0.3 is 14.5 Å². The number of methoxy groups -OCH3 is 1. The molecule has 0 radical (unpaired) electrons. The average molecular weight is 372 g/mol. The van der Waals surface area contributed by atoms with E-state index < -0.39 is 0 Å². The lowest BCUT2D eigenvalue weighted by Crippen LogP contribution is -2.51. The van der Waals surface area contributed by atoms with Crippen LogP contribution in [0.5, 0.6) is 0 Å². The van der Waals surface area contributed by atoms with Crippen LogP contribution in [0.4, 0.5) is 0 Å². The van der Waals surface area contributed by atoms with E-state index in [9.17, 15) is 14.4 Å². The molecule has 0 saturated carbocycles. The molecule has 1 fully saturated rings. The lowest BCUT2D eigenvalue weighted by molar-refractivity contribution is -0.144. The van der Waals surface area contributed by atoms with Gasteiger partial charge in [-0.2, -0.15) is 0 Å². The summed E-state index contributed by atoms with van der Waals surface area (Å²) in [6, 6.07) is 6.45. The van der Waals surface area contributed by atoms with Crippen LogP contribution in [0.2, 0.25) is 0 Å². The summed E-state index contributed by atoms with van der Waals surface area (Å²) in [4.78, 5) is 39.5. The number of esters is 1. The maximum atomic E-state index is 12.6. The van der Waals surface area contributed by atoms with Gasteiger partial charge in [-0.3, -0.25) is 14.4 Å². The first kappa shape index (κ1) is 19.4. The minimum atomic E-state index is -0.373. The smallest absolute Gasteiger partial charge is 0.306 e. The number of carbonyl (C=O) groups excluding carboxylic acids is 3. The third-order valence-electron chi connectivity index (χ3n) is 5.52. The van der Waals surface area contributed by atoms with Crippen molar-refractivity contribution in [1.29, 1.82) is 0 Å². The topological polar surface area (TPSA) is 66.9 Å². The fourth-order valence-corrected chi connectivity index (χ4v) is 3.86. The first-order valence-electron chi connectivity index (χ1n) is 9.80. The van der Waals surface area contributed by atoms with Crippen LogP contribution in [-0.4, -0.2) is 60.9 Å². The standard InChI is InChI=1S/C21H28N2O4/c1-27-21(26)9-8-19(24)22-10-12-23(13-11-22)20(25)15-16-6-7-17-4-2-3-5-18(17)14-16/h6-7,14H,2-5,8-13,15H2,1H3. The van der Waals surface area contributed by atoms with Gasteiger partial charge in [-0.15, -0.1) is 0 Å². The summed E-state index contributed by atoms with van der Waals surface area (Å²) in [6.45, 7) is 2.15. The second-order valence-electron chi connectivity index (χ2n) is 7.32. The highest BCUT2D eigenvalue weighted by atomic mass is 16.5. The number of fused-ring (bicyclic) bond motifs is 1. The third-order valence-corrected chi connectivity index (χ3v) is 5.52. The molecule has 0 N–H and O–H groups in total. The number of aryl methyl sites for hydroxylation is 2. The van der Waals surface area contributed by atoms with Crippen molar-refractivity contribution in [1.82, 2.24) is 9.80 Å². The number of ether oxygens (including phenoxy) is 1. The molecule has 1 aliphatic carbocycles. The highest BCUT2D eigenvalue weighted by Gasteiger charge is 2.24. The molecule has 6 nitrogen and oxygen atoms in total. The van der Waals surface area contributed by atoms with Crippen molar-refractivity contribution in [2.75, 3.05) is 33.3 Å². The van der Waals surface area contributed by atoms with E-state index in [0.717, 1.165) is 18.4 Å². The summed E-state index contributed by atoms with van der Waals surface area (Å²) in [7, 11) is 1.32. The Balaban J connectivity index is 1.47. The molecule has 6 heteroatoms. The molecule has 1 saturated heterocycles. The van der Waals surface area contributed by atoms with Gasteiger partial charge in [-0.05, 0) is 42.4 Å². The second-order valence-corrected chi connectivity index (χ2v) is 7.32. The molecule has 0 bridgehead atoms. The van der Waals surface area contributed by atoms with Crippen LogP contribution in [0.3, 0.4) is 0 Å². The largest absolute Gasteiger partial charge is 0.469 e. The maximum Gasteiger partial charge on any atom is 0.306 e. The fourth-order valence-electron chi connectivity index (χ4n) is 3.86. The Kier molecular flexibility index (Phi) is 6.48. The first-order chi connectivity index (χ1) is 13.1. The summed E-state index contributed by atoms with van der Waals surface area (Å²) in [5, 5.41) is 0. The third kappa shape index (κ3) is 5.08. The van der Waals surface area contributed by atoms with E-state index in [1.807, 2.05) is 4.90 Å². The van der Waals surface area contributed by atoms with E-state index >= 15 is 0 Å². The molecular formula is C21H28N2O4. The zero-order chi connectivity index (χ0) is 19.2. The quantitative estimate of drug-likeness (QED) is 0.739. The molecule has 27 heavy (non-hydrogen) atoms. The fraction of sp³-hybridized carbons (Fsp3) is 0.571. The number of amides is 2. The van der Waals surface area contributed by atoms with Crippen LogP contribution in [0.1, 0.15) is 42.4 Å². The van der Waals surface area contributed by atoms with Crippen LogP contribution in [0, 0.1) is 0 Å². The first-order valence-corrected chi connectivity index (χ1v) is 9.80. The SMILES string of the molecule is COC(=O)CCC(=O)N1CCN(C(=O)Cc2ccc3c(c2)CCCC3)CC1. The van der Waals surface area contributed by atoms with Crippen molar-refractivity contribution < 1.29 is 19.1 Å². The van der Waals surface area contributed by atoms with Crippen LogP contribution in [-0.2, 0) is 38.4 Å². The molecule has 1 aromatic rings. The van der Waals surface area contributed by atoms with Crippen molar-refractivity contribution in [2.24, 2.45) is 0 Å². The van der Waals surface area contributed by atoms with Crippen LogP contribution < -0.4 is 0 Å². The van der Waals surface area contributed by atoms with E-state index in [-0.39, 0.29) is 30.6 Å². The van der Waals surface area contributed by atoms with Crippen molar-refractivity contribution in [3.05, 3.63) is 34.9 Å². The Hall–Kier alpha value is -2.37. The maximum absolute atomic E-state index is 12.6. The molecule has 3 rings (SSSR count). The summed E-state index contributed by atoms with van der Waals surface area (Å²) in [6.07, 6.45) is 5.44. The van der Waals surface area contributed by atoms with Gasteiger partial charge in [0, 0.05) is 32.6 Å². The van der Waals surface area contributed by atoms with E-state index in [1.54, 1.807) is 4.90 Å². The molecular weight excluding hydrogens is 344 g/mol. The minimum Gasteiger partial charge on any atom is -0.469 e. The Bertz CT molecular complexity index is 708. The summed E-state index contributed by atoms with van der Waals surface area (Å²) in [5.41, 5.74) is 3.90. The number of hydrogen-bond acceptors (Lipinski definition) is 4. The average Bonchev–Trinajstić information content (AvgIpc) is 2.71. The van der Waals surface area contributed by atoms with Gasteiger partial charge in [0.2, 0.25) is 11.8 Å². The zero-order valence-electron chi connectivity index (χ0n) is 16.0. The summed E-state index contributed by atoms with van der Waals surface area (Å²) >= 11 is 0. The van der Waals surface area contributed by atoms with Gasteiger partial charge >= 0.3 is 5.97 Å². The predicted octanol–water partition coefficient (Wildman–Crippen LogP) is 1.73. The number of nitrogens with zero attached hydrogens (tertiary/aromatic N) is 2. The van der Waals surface area contributed by atoms with Crippen molar-refractivity contribution in [3.8, 4) is 0 Å². The molecule has 0 unspecified atom stereocenters. The van der Waals surface area contributed by atoms with E-state index in [4.69, 9.17) is 0 Å². The molecule has 146 valence electrons. The molecule has 1 aliphatic heterocycles. The van der Waals surface area contributed by atoms with Gasteiger partial charge in [0.25, 0.3) is 0 Å². The van der Waals surface area contributed by atoms with Gasteiger partial charge in [0.05, 0.1) is 20.0 Å². The highest BCUT2D eigenvalue weighted by molar-refractivity contribution is 5.82. The Labute approximate surface area is 160 Å². The van der Waals surface area contributed by atoms with Crippen LogP contribution in [0.25, 0.3) is 0 Å². The highest BCUT2D eigenvalue weighted by Crippen LogP contribution is 2.22. The predicted molar refractivity (Wildman–Crippen MR) is 101 cm³/mol. The molecule has 2 amide bonds. The number of hydrogen-bond donors (Lipinski definition) is 0. The lowest BCUT2D eigenvalue weighted by Gasteiger charge is -2.35. The molecule has 0 atom stereocenters. The molecule has 1 heterocycles. The van der Waals surface area contributed by atoms with Crippen molar-refractivity contribution in [2.45, 2.75) is 44.9 Å². The number of carbonyl (C=O) groups is 3. The molecule has 0 aromatic heterocycles. The van der Waals surface area contributed by atoms with E-state index in [1.165, 1.54) is 31.1 Å².